The zero-order valence-electron chi connectivity index (χ0n) is 20.4. The molecule has 1 aromatic heterocycles. The molecule has 2 aliphatic heterocycles. The molecule has 1 saturated heterocycles. The largest absolute Gasteiger partial charge is 0.326 e. The number of rotatable bonds is 4. The fraction of sp³-hybridized carbons (Fsp3) is 0.241. The number of sulfonamides is 1. The van der Waals surface area contributed by atoms with Crippen LogP contribution in [0.25, 0.3) is 21.9 Å². The summed E-state index contributed by atoms with van der Waals surface area (Å²) in [5.41, 5.74) is 3.43. The Morgan fingerprint density at radius 1 is 0.892 bits per heavy atom. The molecular weight excluding hydrogens is 486 g/mol. The van der Waals surface area contributed by atoms with Crippen LogP contribution in [0.15, 0.2) is 88.6 Å². The van der Waals surface area contributed by atoms with Crippen molar-refractivity contribution >= 4 is 32.4 Å². The third-order valence-electron chi connectivity index (χ3n) is 7.43. The number of amides is 1. The van der Waals surface area contributed by atoms with Crippen molar-refractivity contribution in [2.45, 2.75) is 30.7 Å². The molecule has 2 bridgehead atoms. The second-order valence-electron chi connectivity index (χ2n) is 9.97. The highest BCUT2D eigenvalue weighted by molar-refractivity contribution is 7.89. The summed E-state index contributed by atoms with van der Waals surface area (Å²) in [6, 6.07) is 24.2. The standard InChI is InChI=1S/C29H27N3O4S/c1-19(33)30-25-8-10-26(11-9-25)37(35,36)31-16-20-14-24(18-31)29-27(12-13-28(34)32(29)17-20)23-7-6-21-4-2-3-5-22(21)15-23/h2-13,15,20,24H,14,16-18H2,1H3,(H,30,33)/t20-,24+/m0/s1. The number of nitrogens with zero attached hydrogens (tertiary/aromatic N) is 2. The number of hydrogen-bond acceptors (Lipinski definition) is 4. The molecule has 37 heavy (non-hydrogen) atoms. The lowest BCUT2D eigenvalue weighted by Crippen LogP contribution is -2.49. The van der Waals surface area contributed by atoms with Crippen molar-refractivity contribution < 1.29 is 13.2 Å². The van der Waals surface area contributed by atoms with Gasteiger partial charge in [0, 0.05) is 55.5 Å². The third kappa shape index (κ3) is 4.26. The summed E-state index contributed by atoms with van der Waals surface area (Å²) in [5, 5.41) is 4.93. The van der Waals surface area contributed by atoms with Crippen LogP contribution in [0.1, 0.15) is 25.0 Å². The van der Waals surface area contributed by atoms with Gasteiger partial charge in [-0.3, -0.25) is 9.59 Å². The van der Waals surface area contributed by atoms with E-state index in [1.165, 1.54) is 19.1 Å². The van der Waals surface area contributed by atoms with Gasteiger partial charge in [0.1, 0.15) is 0 Å². The van der Waals surface area contributed by atoms with Crippen LogP contribution in [0, 0.1) is 5.92 Å². The molecular formula is C29H27N3O4S. The molecule has 1 N–H and O–H groups in total. The molecule has 7 nitrogen and oxygen atoms in total. The summed E-state index contributed by atoms with van der Waals surface area (Å²) >= 11 is 0. The van der Waals surface area contributed by atoms with Crippen LogP contribution in [0.5, 0.6) is 0 Å². The first kappa shape index (κ1) is 23.6. The van der Waals surface area contributed by atoms with Crippen molar-refractivity contribution in [3.63, 3.8) is 0 Å². The number of nitrogens with one attached hydrogen (secondary N) is 1. The minimum Gasteiger partial charge on any atom is -0.326 e. The minimum atomic E-state index is -3.74. The van der Waals surface area contributed by atoms with Crippen molar-refractivity contribution in [2.24, 2.45) is 5.92 Å². The fourth-order valence-corrected chi connectivity index (χ4v) is 7.39. The normalized spacial score (nSPS) is 19.4. The van der Waals surface area contributed by atoms with Crippen molar-refractivity contribution in [1.29, 1.82) is 0 Å². The lowest BCUT2D eigenvalue weighted by Gasteiger charge is -2.43. The number of anilines is 1. The van der Waals surface area contributed by atoms with Crippen LogP contribution in [-0.4, -0.2) is 36.3 Å². The summed E-state index contributed by atoms with van der Waals surface area (Å²) in [6.07, 6.45) is 0.845. The predicted octanol–water partition coefficient (Wildman–Crippen LogP) is 4.43. The molecule has 3 heterocycles. The molecule has 0 radical (unpaired) electrons. The highest BCUT2D eigenvalue weighted by Crippen LogP contribution is 2.41. The van der Waals surface area contributed by atoms with Gasteiger partial charge in [0.05, 0.1) is 4.90 Å². The van der Waals surface area contributed by atoms with E-state index in [0.717, 1.165) is 34.0 Å². The lowest BCUT2D eigenvalue weighted by molar-refractivity contribution is -0.114. The van der Waals surface area contributed by atoms with E-state index in [0.29, 0.717) is 25.3 Å². The molecule has 1 amide bonds. The average Bonchev–Trinajstić information content (AvgIpc) is 2.89. The highest BCUT2D eigenvalue weighted by atomic mass is 32.2. The maximum absolute atomic E-state index is 13.6. The summed E-state index contributed by atoms with van der Waals surface area (Å²) < 4.78 is 30.6. The van der Waals surface area contributed by atoms with Crippen LogP contribution in [0.3, 0.4) is 0 Å². The Bertz CT molecular complexity index is 1690. The van der Waals surface area contributed by atoms with Crippen molar-refractivity contribution in [3.05, 3.63) is 94.9 Å². The number of piperidine rings is 1. The van der Waals surface area contributed by atoms with E-state index in [1.807, 2.05) is 22.8 Å². The van der Waals surface area contributed by atoms with E-state index in [-0.39, 0.29) is 28.2 Å². The maximum atomic E-state index is 13.6. The Morgan fingerprint density at radius 3 is 2.41 bits per heavy atom. The van der Waals surface area contributed by atoms with Gasteiger partial charge in [-0.25, -0.2) is 8.42 Å². The SMILES string of the molecule is CC(=O)Nc1ccc(S(=O)(=O)N2C[C@@H]3C[C@H](C2)c2c(-c4ccc5ccccc5c4)ccc(=O)n2C3)cc1. The second-order valence-corrected chi connectivity index (χ2v) is 11.9. The molecule has 2 aliphatic rings. The van der Waals surface area contributed by atoms with Crippen LogP contribution >= 0.6 is 0 Å². The number of benzene rings is 3. The minimum absolute atomic E-state index is 0.0425. The maximum Gasteiger partial charge on any atom is 0.250 e. The van der Waals surface area contributed by atoms with Gasteiger partial charge in [-0.05, 0) is 65.1 Å². The number of carbonyl (C=O) groups is 1. The van der Waals surface area contributed by atoms with E-state index in [2.05, 4.69) is 35.6 Å². The molecule has 8 heteroatoms. The zero-order chi connectivity index (χ0) is 25.7. The molecule has 0 aliphatic carbocycles. The van der Waals surface area contributed by atoms with E-state index in [9.17, 15) is 18.0 Å². The highest BCUT2D eigenvalue weighted by Gasteiger charge is 2.40. The number of carbonyl (C=O) groups excluding carboxylic acids is 1. The van der Waals surface area contributed by atoms with Gasteiger partial charge >= 0.3 is 0 Å². The Hall–Kier alpha value is -3.75. The van der Waals surface area contributed by atoms with Gasteiger partial charge in [-0.1, -0.05) is 36.4 Å². The smallest absolute Gasteiger partial charge is 0.250 e. The fourth-order valence-electron chi connectivity index (χ4n) is 5.83. The first-order valence-corrected chi connectivity index (χ1v) is 13.8. The Morgan fingerprint density at radius 2 is 1.65 bits per heavy atom. The Balaban J connectivity index is 1.37. The molecule has 188 valence electrons. The van der Waals surface area contributed by atoms with Gasteiger partial charge in [0.15, 0.2) is 0 Å². The van der Waals surface area contributed by atoms with Crippen LogP contribution in [0.4, 0.5) is 5.69 Å². The molecule has 0 unspecified atom stereocenters. The Labute approximate surface area is 215 Å². The summed E-state index contributed by atoms with van der Waals surface area (Å²) in [4.78, 5) is 24.4. The number of aromatic nitrogens is 1. The number of hydrogen-bond donors (Lipinski definition) is 1. The topological polar surface area (TPSA) is 88.5 Å². The van der Waals surface area contributed by atoms with E-state index in [4.69, 9.17) is 0 Å². The molecule has 2 atom stereocenters. The molecule has 3 aromatic carbocycles. The molecule has 0 saturated carbocycles. The third-order valence-corrected chi connectivity index (χ3v) is 9.28. The molecule has 0 spiro atoms. The average molecular weight is 514 g/mol. The van der Waals surface area contributed by atoms with Gasteiger partial charge in [-0.2, -0.15) is 4.31 Å². The van der Waals surface area contributed by atoms with Crippen molar-refractivity contribution in [1.82, 2.24) is 8.87 Å². The van der Waals surface area contributed by atoms with Crippen molar-refractivity contribution in [2.75, 3.05) is 18.4 Å². The predicted molar refractivity (Wildman–Crippen MR) is 144 cm³/mol. The Kier molecular flexibility index (Phi) is 5.73. The number of fused-ring (bicyclic) bond motifs is 5. The van der Waals surface area contributed by atoms with Crippen molar-refractivity contribution in [3.8, 4) is 11.1 Å². The van der Waals surface area contributed by atoms with Gasteiger partial charge < -0.3 is 9.88 Å². The van der Waals surface area contributed by atoms with Gasteiger partial charge in [0.2, 0.25) is 15.9 Å². The first-order chi connectivity index (χ1) is 17.8. The van der Waals surface area contributed by atoms with Crippen LogP contribution in [0.2, 0.25) is 0 Å². The quantitative estimate of drug-likeness (QED) is 0.437. The van der Waals surface area contributed by atoms with Crippen LogP contribution < -0.4 is 10.9 Å². The van der Waals surface area contributed by atoms with Gasteiger partial charge in [0.25, 0.3) is 5.56 Å². The summed E-state index contributed by atoms with van der Waals surface area (Å²) in [5.74, 6) is -0.240. The molecule has 4 aromatic rings. The van der Waals surface area contributed by atoms with Crippen LogP contribution in [-0.2, 0) is 21.4 Å². The van der Waals surface area contributed by atoms with E-state index < -0.39 is 10.0 Å². The van der Waals surface area contributed by atoms with Gasteiger partial charge in [-0.15, -0.1) is 0 Å². The van der Waals surface area contributed by atoms with E-state index in [1.54, 1.807) is 22.5 Å². The zero-order valence-corrected chi connectivity index (χ0v) is 21.2. The summed E-state index contributed by atoms with van der Waals surface area (Å²) in [6.45, 7) is 2.60. The second kappa shape index (κ2) is 8.97. The molecule has 6 rings (SSSR count). The molecule has 1 fully saturated rings. The summed E-state index contributed by atoms with van der Waals surface area (Å²) in [7, 11) is -3.74. The lowest BCUT2D eigenvalue weighted by atomic mass is 9.81. The first-order valence-electron chi connectivity index (χ1n) is 12.4. The monoisotopic (exact) mass is 513 g/mol. The number of pyridine rings is 1. The van der Waals surface area contributed by atoms with E-state index >= 15 is 0 Å².